The van der Waals surface area contributed by atoms with Crippen LogP contribution in [0.4, 0.5) is 0 Å². The Kier molecular flexibility index (Phi) is 4.78. The molecule has 0 saturated heterocycles. The third kappa shape index (κ3) is 3.32. The van der Waals surface area contributed by atoms with Gasteiger partial charge in [-0.05, 0) is 13.3 Å². The van der Waals surface area contributed by atoms with Crippen molar-refractivity contribution in [3.8, 4) is 0 Å². The van der Waals surface area contributed by atoms with E-state index in [0.717, 1.165) is 12.2 Å². The first-order valence-electron chi connectivity index (χ1n) is 5.44. The molecule has 0 spiro atoms. The molecule has 2 unspecified atom stereocenters. The Labute approximate surface area is 90.9 Å². The van der Waals surface area contributed by atoms with Crippen molar-refractivity contribution in [3.63, 3.8) is 0 Å². The Hall–Kier alpha value is -0.870. The molecule has 4 nitrogen and oxygen atoms in total. The van der Waals surface area contributed by atoms with E-state index in [0.29, 0.717) is 13.0 Å². The van der Waals surface area contributed by atoms with Crippen LogP contribution in [0.5, 0.6) is 0 Å². The average molecular weight is 212 g/mol. The van der Waals surface area contributed by atoms with Crippen molar-refractivity contribution in [3.05, 3.63) is 18.2 Å². The molecule has 0 aromatic carbocycles. The van der Waals surface area contributed by atoms with Gasteiger partial charge in [-0.3, -0.25) is 0 Å². The summed E-state index contributed by atoms with van der Waals surface area (Å²) >= 11 is 0. The van der Waals surface area contributed by atoms with E-state index in [1.807, 2.05) is 31.7 Å². The molecule has 86 valence electrons. The zero-order chi connectivity index (χ0) is 11.3. The van der Waals surface area contributed by atoms with E-state index in [9.17, 15) is 5.11 Å². The van der Waals surface area contributed by atoms with Gasteiger partial charge >= 0.3 is 0 Å². The van der Waals surface area contributed by atoms with Gasteiger partial charge < -0.3 is 14.4 Å². The molecule has 0 saturated carbocycles. The number of nitrogens with zero attached hydrogens (tertiary/aromatic N) is 2. The van der Waals surface area contributed by atoms with Crippen LogP contribution in [0.15, 0.2) is 12.4 Å². The van der Waals surface area contributed by atoms with Gasteiger partial charge in [0.25, 0.3) is 0 Å². The van der Waals surface area contributed by atoms with Crippen molar-refractivity contribution in [1.82, 2.24) is 9.55 Å². The van der Waals surface area contributed by atoms with Crippen molar-refractivity contribution in [2.24, 2.45) is 7.05 Å². The number of hydrogen-bond acceptors (Lipinski definition) is 3. The van der Waals surface area contributed by atoms with Gasteiger partial charge in [0.15, 0.2) is 0 Å². The number of aryl methyl sites for hydroxylation is 1. The number of rotatable bonds is 6. The molecular weight excluding hydrogens is 192 g/mol. The minimum atomic E-state index is -0.476. The van der Waals surface area contributed by atoms with Gasteiger partial charge in [-0.15, -0.1) is 0 Å². The van der Waals surface area contributed by atoms with Crippen molar-refractivity contribution >= 4 is 0 Å². The third-order valence-electron chi connectivity index (χ3n) is 2.52. The summed E-state index contributed by atoms with van der Waals surface area (Å²) in [6, 6.07) is 0. The molecule has 15 heavy (non-hydrogen) atoms. The Bertz CT molecular complexity index is 286. The second kappa shape index (κ2) is 5.88. The summed E-state index contributed by atoms with van der Waals surface area (Å²) in [7, 11) is 1.93. The van der Waals surface area contributed by atoms with Crippen LogP contribution in [-0.4, -0.2) is 33.5 Å². The quantitative estimate of drug-likeness (QED) is 0.769. The van der Waals surface area contributed by atoms with Crippen molar-refractivity contribution < 1.29 is 9.84 Å². The summed E-state index contributed by atoms with van der Waals surface area (Å²) in [6.07, 6.45) is 4.41. The first-order valence-corrected chi connectivity index (χ1v) is 5.44. The topological polar surface area (TPSA) is 47.3 Å². The van der Waals surface area contributed by atoms with E-state index >= 15 is 0 Å². The molecule has 1 aromatic heterocycles. The molecule has 0 radical (unpaired) electrons. The summed E-state index contributed by atoms with van der Waals surface area (Å²) < 4.78 is 7.37. The van der Waals surface area contributed by atoms with Gasteiger partial charge in [-0.2, -0.15) is 0 Å². The van der Waals surface area contributed by atoms with Crippen LogP contribution in [0, 0.1) is 0 Å². The maximum Gasteiger partial charge on any atom is 0.111 e. The van der Waals surface area contributed by atoms with E-state index in [2.05, 4.69) is 4.98 Å². The maximum atomic E-state index is 9.96. The molecule has 0 aliphatic carbocycles. The molecule has 1 N–H and O–H groups in total. The average Bonchev–Trinajstić information content (AvgIpc) is 2.60. The van der Waals surface area contributed by atoms with E-state index < -0.39 is 6.10 Å². The second-order valence-corrected chi connectivity index (χ2v) is 3.63. The summed E-state index contributed by atoms with van der Waals surface area (Å²) in [6.45, 7) is 4.59. The van der Waals surface area contributed by atoms with E-state index in [4.69, 9.17) is 4.74 Å². The van der Waals surface area contributed by atoms with E-state index in [1.54, 1.807) is 6.20 Å². The number of imidazole rings is 1. The van der Waals surface area contributed by atoms with Crippen LogP contribution in [0.25, 0.3) is 0 Å². The van der Waals surface area contributed by atoms with Gasteiger partial charge in [-0.1, -0.05) is 6.92 Å². The Morgan fingerprint density at radius 2 is 2.27 bits per heavy atom. The largest absolute Gasteiger partial charge is 0.390 e. The zero-order valence-corrected chi connectivity index (χ0v) is 9.68. The zero-order valence-electron chi connectivity index (χ0n) is 9.68. The normalized spacial score (nSPS) is 15.2. The van der Waals surface area contributed by atoms with Gasteiger partial charge in [0.1, 0.15) is 5.82 Å². The van der Waals surface area contributed by atoms with Gasteiger partial charge in [0.2, 0.25) is 0 Å². The van der Waals surface area contributed by atoms with Crippen molar-refractivity contribution in [1.29, 1.82) is 0 Å². The van der Waals surface area contributed by atoms with Gasteiger partial charge in [-0.25, -0.2) is 4.98 Å². The molecule has 1 heterocycles. The van der Waals surface area contributed by atoms with Gasteiger partial charge in [0.05, 0.1) is 12.2 Å². The lowest BCUT2D eigenvalue weighted by Gasteiger charge is -2.21. The number of ether oxygens (including phenoxy) is 1. The van der Waals surface area contributed by atoms with E-state index in [1.165, 1.54) is 0 Å². The predicted molar refractivity (Wildman–Crippen MR) is 58.6 cm³/mol. The maximum absolute atomic E-state index is 9.96. The minimum Gasteiger partial charge on any atom is -0.390 e. The smallest absolute Gasteiger partial charge is 0.111 e. The Morgan fingerprint density at radius 1 is 1.53 bits per heavy atom. The first-order chi connectivity index (χ1) is 7.19. The summed E-state index contributed by atoms with van der Waals surface area (Å²) in [4.78, 5) is 4.18. The molecule has 0 amide bonds. The fraction of sp³-hybridized carbons (Fsp3) is 0.727. The fourth-order valence-electron chi connectivity index (χ4n) is 1.63. The lowest BCUT2D eigenvalue weighted by atomic mass is 10.1. The SMILES string of the molecule is CCOC(CC)C(O)Cc1nccn1C. The summed E-state index contributed by atoms with van der Waals surface area (Å²) in [5.74, 6) is 0.889. The first kappa shape index (κ1) is 12.2. The number of hydrogen-bond donors (Lipinski definition) is 1. The van der Waals surface area contributed by atoms with Crippen molar-refractivity contribution in [2.45, 2.75) is 38.9 Å². The van der Waals surface area contributed by atoms with Gasteiger partial charge in [0, 0.05) is 32.5 Å². The number of aliphatic hydroxyl groups is 1. The Morgan fingerprint density at radius 3 is 2.73 bits per heavy atom. The molecular formula is C11H20N2O2. The van der Waals surface area contributed by atoms with Crippen LogP contribution in [-0.2, 0) is 18.2 Å². The monoisotopic (exact) mass is 212 g/mol. The van der Waals surface area contributed by atoms with Crippen LogP contribution in [0.2, 0.25) is 0 Å². The van der Waals surface area contributed by atoms with Crippen LogP contribution >= 0.6 is 0 Å². The summed E-state index contributed by atoms with van der Waals surface area (Å²) in [5, 5.41) is 9.96. The molecule has 0 aliphatic rings. The molecule has 0 fully saturated rings. The molecule has 1 rings (SSSR count). The molecule has 4 heteroatoms. The molecule has 1 aromatic rings. The Balaban J connectivity index is 2.53. The van der Waals surface area contributed by atoms with E-state index in [-0.39, 0.29) is 6.10 Å². The van der Waals surface area contributed by atoms with Crippen LogP contribution in [0.3, 0.4) is 0 Å². The highest BCUT2D eigenvalue weighted by Crippen LogP contribution is 2.09. The fourth-order valence-corrected chi connectivity index (χ4v) is 1.63. The number of aromatic nitrogens is 2. The molecule has 0 bridgehead atoms. The second-order valence-electron chi connectivity index (χ2n) is 3.63. The third-order valence-corrected chi connectivity index (χ3v) is 2.52. The van der Waals surface area contributed by atoms with Crippen LogP contribution < -0.4 is 0 Å². The lowest BCUT2D eigenvalue weighted by molar-refractivity contribution is -0.0344. The minimum absolute atomic E-state index is 0.0910. The summed E-state index contributed by atoms with van der Waals surface area (Å²) in [5.41, 5.74) is 0. The molecule has 2 atom stereocenters. The highest BCUT2D eigenvalue weighted by Gasteiger charge is 2.19. The van der Waals surface area contributed by atoms with Crippen LogP contribution in [0.1, 0.15) is 26.1 Å². The molecule has 0 aliphatic heterocycles. The highest BCUT2D eigenvalue weighted by molar-refractivity contribution is 4.94. The highest BCUT2D eigenvalue weighted by atomic mass is 16.5. The number of aliphatic hydroxyl groups excluding tert-OH is 1. The van der Waals surface area contributed by atoms with Crippen molar-refractivity contribution in [2.75, 3.05) is 6.61 Å². The standard InChI is InChI=1S/C11H20N2O2/c1-4-10(15-5-2)9(14)8-11-12-6-7-13(11)3/h6-7,9-10,14H,4-5,8H2,1-3H3. The lowest BCUT2D eigenvalue weighted by Crippen LogP contribution is -2.31. The predicted octanol–water partition coefficient (Wildman–Crippen LogP) is 1.14.